The smallest absolute Gasteiger partial charge is 0.236 e. The van der Waals surface area contributed by atoms with Crippen LogP contribution in [0, 0.1) is 0 Å². The lowest BCUT2D eigenvalue weighted by Gasteiger charge is -2.27. The lowest BCUT2D eigenvalue weighted by atomic mass is 10.2. The van der Waals surface area contributed by atoms with E-state index >= 15 is 0 Å². The summed E-state index contributed by atoms with van der Waals surface area (Å²) in [6, 6.07) is 7.64. The van der Waals surface area contributed by atoms with Crippen LogP contribution >= 0.6 is 11.6 Å². The van der Waals surface area contributed by atoms with E-state index in [1.54, 1.807) is 0 Å². The van der Waals surface area contributed by atoms with Gasteiger partial charge in [-0.15, -0.1) is 0 Å². The number of rotatable bonds is 2. The van der Waals surface area contributed by atoms with Crippen LogP contribution in [0.5, 0.6) is 0 Å². The van der Waals surface area contributed by atoms with Crippen LogP contribution in [0.15, 0.2) is 24.3 Å². The molecule has 0 saturated carbocycles. The van der Waals surface area contributed by atoms with Crippen LogP contribution in [-0.2, 0) is 11.3 Å². The van der Waals surface area contributed by atoms with Crippen molar-refractivity contribution < 1.29 is 4.79 Å². The number of halogens is 1. The van der Waals surface area contributed by atoms with E-state index < -0.39 is 0 Å². The normalized spacial score (nSPS) is 16.9. The van der Waals surface area contributed by atoms with Gasteiger partial charge >= 0.3 is 0 Å². The van der Waals surface area contributed by atoms with Crippen molar-refractivity contribution in [1.29, 1.82) is 0 Å². The summed E-state index contributed by atoms with van der Waals surface area (Å²) in [7, 11) is 0. The van der Waals surface area contributed by atoms with Gasteiger partial charge in [-0.1, -0.05) is 29.8 Å². The van der Waals surface area contributed by atoms with E-state index in [0.29, 0.717) is 13.1 Å². The van der Waals surface area contributed by atoms with Gasteiger partial charge in [-0.2, -0.15) is 0 Å². The maximum Gasteiger partial charge on any atom is 0.236 e. The quantitative estimate of drug-likeness (QED) is 0.821. The van der Waals surface area contributed by atoms with Crippen molar-refractivity contribution >= 4 is 17.5 Å². The second-order valence-corrected chi connectivity index (χ2v) is 3.99. The fourth-order valence-electron chi connectivity index (χ4n) is 1.65. The fraction of sp³-hybridized carbons (Fsp3) is 0.364. The molecule has 4 heteroatoms. The van der Waals surface area contributed by atoms with E-state index in [1.165, 1.54) is 0 Å². The fourth-order valence-corrected chi connectivity index (χ4v) is 1.84. The number of hydrogen-bond acceptors (Lipinski definition) is 2. The zero-order valence-electron chi connectivity index (χ0n) is 8.37. The Morgan fingerprint density at radius 2 is 2.20 bits per heavy atom. The summed E-state index contributed by atoms with van der Waals surface area (Å²) in [6.45, 7) is 2.66. The van der Waals surface area contributed by atoms with Gasteiger partial charge < -0.3 is 10.2 Å². The van der Waals surface area contributed by atoms with Gasteiger partial charge in [0, 0.05) is 24.7 Å². The highest BCUT2D eigenvalue weighted by Gasteiger charge is 2.18. The molecule has 1 saturated heterocycles. The van der Waals surface area contributed by atoms with Gasteiger partial charge in [-0.3, -0.25) is 4.79 Å². The van der Waals surface area contributed by atoms with Gasteiger partial charge in [0.15, 0.2) is 0 Å². The van der Waals surface area contributed by atoms with Crippen molar-refractivity contribution in [3.8, 4) is 0 Å². The Kier molecular flexibility index (Phi) is 3.23. The molecule has 1 aliphatic rings. The van der Waals surface area contributed by atoms with E-state index in [-0.39, 0.29) is 5.91 Å². The Hall–Kier alpha value is -1.06. The molecule has 0 bridgehead atoms. The van der Waals surface area contributed by atoms with Crippen LogP contribution in [0.2, 0.25) is 5.02 Å². The molecule has 1 aliphatic heterocycles. The zero-order chi connectivity index (χ0) is 10.7. The van der Waals surface area contributed by atoms with Gasteiger partial charge in [0.1, 0.15) is 0 Å². The standard InChI is InChI=1S/C11H13ClN2O/c12-10-4-2-1-3-9(10)8-14-6-5-13-7-11(14)15/h1-4,13H,5-8H2. The summed E-state index contributed by atoms with van der Waals surface area (Å²) < 4.78 is 0. The number of carbonyl (C=O) groups excluding carboxylic acids is 1. The first-order valence-corrected chi connectivity index (χ1v) is 5.37. The Morgan fingerprint density at radius 3 is 2.93 bits per heavy atom. The number of nitrogens with zero attached hydrogens (tertiary/aromatic N) is 1. The topological polar surface area (TPSA) is 32.3 Å². The largest absolute Gasteiger partial charge is 0.336 e. The predicted octanol–water partition coefficient (Wildman–Crippen LogP) is 1.27. The third-order valence-electron chi connectivity index (χ3n) is 2.51. The van der Waals surface area contributed by atoms with Crippen LogP contribution in [0.25, 0.3) is 0 Å². The summed E-state index contributed by atoms with van der Waals surface area (Å²) in [4.78, 5) is 13.4. The SMILES string of the molecule is O=C1CNCCN1Cc1ccccc1Cl. The van der Waals surface area contributed by atoms with Crippen molar-refractivity contribution in [1.82, 2.24) is 10.2 Å². The van der Waals surface area contributed by atoms with Gasteiger partial charge in [0.05, 0.1) is 6.54 Å². The maximum absolute atomic E-state index is 11.5. The number of carbonyl (C=O) groups is 1. The molecular weight excluding hydrogens is 212 g/mol. The first-order valence-electron chi connectivity index (χ1n) is 4.99. The Labute approximate surface area is 94.0 Å². The number of nitrogens with one attached hydrogen (secondary N) is 1. The molecule has 0 spiro atoms. The van der Waals surface area contributed by atoms with E-state index in [4.69, 9.17) is 11.6 Å². The van der Waals surface area contributed by atoms with Crippen molar-refractivity contribution in [2.45, 2.75) is 6.54 Å². The zero-order valence-corrected chi connectivity index (χ0v) is 9.13. The predicted molar refractivity (Wildman–Crippen MR) is 59.7 cm³/mol. The monoisotopic (exact) mass is 224 g/mol. The number of piperazine rings is 1. The highest BCUT2D eigenvalue weighted by atomic mass is 35.5. The van der Waals surface area contributed by atoms with Crippen LogP contribution in [0.3, 0.4) is 0 Å². The molecule has 2 rings (SSSR count). The van der Waals surface area contributed by atoms with Gasteiger partial charge in [-0.05, 0) is 11.6 Å². The first-order chi connectivity index (χ1) is 7.27. The molecule has 0 radical (unpaired) electrons. The molecule has 0 unspecified atom stereocenters. The van der Waals surface area contributed by atoms with E-state index in [2.05, 4.69) is 5.32 Å². The minimum Gasteiger partial charge on any atom is -0.336 e. The van der Waals surface area contributed by atoms with E-state index in [1.807, 2.05) is 29.2 Å². The molecule has 1 N–H and O–H groups in total. The molecule has 1 aromatic rings. The first kappa shape index (κ1) is 10.5. The van der Waals surface area contributed by atoms with Crippen LogP contribution in [0.4, 0.5) is 0 Å². The average Bonchev–Trinajstić information content (AvgIpc) is 2.24. The lowest BCUT2D eigenvalue weighted by Crippen LogP contribution is -2.47. The molecule has 1 aromatic carbocycles. The Morgan fingerprint density at radius 1 is 1.40 bits per heavy atom. The van der Waals surface area contributed by atoms with Gasteiger partial charge in [0.25, 0.3) is 0 Å². The lowest BCUT2D eigenvalue weighted by molar-refractivity contribution is -0.132. The van der Waals surface area contributed by atoms with Crippen molar-refractivity contribution in [2.75, 3.05) is 19.6 Å². The van der Waals surface area contributed by atoms with Crippen molar-refractivity contribution in [2.24, 2.45) is 0 Å². The van der Waals surface area contributed by atoms with E-state index in [0.717, 1.165) is 23.7 Å². The van der Waals surface area contributed by atoms with Crippen molar-refractivity contribution in [3.63, 3.8) is 0 Å². The summed E-state index contributed by atoms with van der Waals surface area (Å²) >= 11 is 6.04. The number of hydrogen-bond donors (Lipinski definition) is 1. The number of benzene rings is 1. The summed E-state index contributed by atoms with van der Waals surface area (Å²) in [5.74, 6) is 0.140. The third kappa shape index (κ3) is 2.49. The second kappa shape index (κ2) is 4.64. The van der Waals surface area contributed by atoms with Gasteiger partial charge in [-0.25, -0.2) is 0 Å². The van der Waals surface area contributed by atoms with Crippen LogP contribution in [-0.4, -0.2) is 30.4 Å². The molecule has 0 aliphatic carbocycles. The molecule has 15 heavy (non-hydrogen) atoms. The minimum atomic E-state index is 0.140. The molecule has 0 aromatic heterocycles. The van der Waals surface area contributed by atoms with Crippen molar-refractivity contribution in [3.05, 3.63) is 34.9 Å². The molecule has 1 heterocycles. The van der Waals surface area contributed by atoms with Crippen LogP contribution < -0.4 is 5.32 Å². The summed E-state index contributed by atoms with van der Waals surface area (Å²) in [5.41, 5.74) is 1.01. The minimum absolute atomic E-state index is 0.140. The Balaban J connectivity index is 2.08. The third-order valence-corrected chi connectivity index (χ3v) is 2.88. The van der Waals surface area contributed by atoms with Gasteiger partial charge in [0.2, 0.25) is 5.91 Å². The average molecular weight is 225 g/mol. The molecule has 0 atom stereocenters. The van der Waals surface area contributed by atoms with Crippen LogP contribution in [0.1, 0.15) is 5.56 Å². The molecule has 1 amide bonds. The molecule has 1 fully saturated rings. The molecular formula is C11H13ClN2O. The highest BCUT2D eigenvalue weighted by Crippen LogP contribution is 2.17. The van der Waals surface area contributed by atoms with E-state index in [9.17, 15) is 4.79 Å². The summed E-state index contributed by atoms with van der Waals surface area (Å²) in [6.07, 6.45) is 0. The molecule has 3 nitrogen and oxygen atoms in total. The Bertz CT molecular complexity index is 367. The summed E-state index contributed by atoms with van der Waals surface area (Å²) in [5, 5.41) is 3.77. The maximum atomic E-state index is 11.5. The number of amides is 1. The second-order valence-electron chi connectivity index (χ2n) is 3.58. The highest BCUT2D eigenvalue weighted by molar-refractivity contribution is 6.31. The molecule has 80 valence electrons.